The van der Waals surface area contributed by atoms with Crippen LogP contribution < -0.4 is 15.4 Å². The van der Waals surface area contributed by atoms with Crippen LogP contribution in [-0.4, -0.2) is 70.7 Å². The van der Waals surface area contributed by atoms with E-state index >= 15 is 0 Å². The van der Waals surface area contributed by atoms with Crippen LogP contribution in [0.5, 0.6) is 5.75 Å². The zero-order valence-electron chi connectivity index (χ0n) is 20.4. The molecule has 2 atom stereocenters. The fourth-order valence-electron chi connectivity index (χ4n) is 4.39. The van der Waals surface area contributed by atoms with E-state index in [1.54, 1.807) is 13.3 Å². The molecule has 0 bridgehead atoms. The van der Waals surface area contributed by atoms with E-state index < -0.39 is 18.6 Å². The summed E-state index contributed by atoms with van der Waals surface area (Å²) in [5, 5.41) is 17.0. The summed E-state index contributed by atoms with van der Waals surface area (Å²) in [6.45, 7) is 5.40. The molecule has 2 amide bonds. The molecule has 0 saturated carbocycles. The minimum atomic E-state index is -0.606. The van der Waals surface area contributed by atoms with Gasteiger partial charge < -0.3 is 25.4 Å². The van der Waals surface area contributed by atoms with Crippen molar-refractivity contribution in [3.63, 3.8) is 0 Å². The Morgan fingerprint density at radius 3 is 2.68 bits per heavy atom. The highest BCUT2D eigenvalue weighted by molar-refractivity contribution is 6.40. The number of halogens is 2. The van der Waals surface area contributed by atoms with Crippen LogP contribution in [0.25, 0.3) is 22.0 Å². The highest BCUT2D eigenvalue weighted by Crippen LogP contribution is 2.43. The Labute approximate surface area is 224 Å². The van der Waals surface area contributed by atoms with E-state index in [1.807, 2.05) is 31.2 Å². The Morgan fingerprint density at radius 1 is 1.24 bits per heavy atom. The number of aromatic nitrogens is 2. The average Bonchev–Trinajstić information content (AvgIpc) is 3.30. The molecule has 194 valence electrons. The van der Waals surface area contributed by atoms with Gasteiger partial charge in [0.2, 0.25) is 17.8 Å². The zero-order valence-corrected chi connectivity index (χ0v) is 21.9. The monoisotopic (exact) mass is 543 g/mol. The van der Waals surface area contributed by atoms with Crippen molar-refractivity contribution in [2.75, 3.05) is 32.1 Å². The number of hydrogen-bond acceptors (Lipinski definition) is 7. The number of aliphatic hydroxyl groups is 1. The standard InChI is InChI=1S/C26H27Cl2N5O4/c1-4-14-9-20(37-3)25(28)23(24(14)27)15-6-7-17-16(8-15)10-29-26(31-17)32-19-12-33(22(36)13-34)11-18(19)30-21(35)5-2/h5-10,18-19,34H,2,4,11-13H2,1,3H3,(H,30,35)(H,29,31,32)/t18-,19+/m0/s1. The maximum atomic E-state index is 12.0. The summed E-state index contributed by atoms with van der Waals surface area (Å²) in [5.74, 6) is 0.114. The number of methoxy groups -OCH3 is 1. The summed E-state index contributed by atoms with van der Waals surface area (Å²) in [5.41, 5.74) is 3.10. The highest BCUT2D eigenvalue weighted by Gasteiger charge is 2.36. The van der Waals surface area contributed by atoms with Crippen LogP contribution in [0.2, 0.25) is 10.0 Å². The molecule has 3 aromatic rings. The van der Waals surface area contributed by atoms with E-state index in [-0.39, 0.29) is 25.0 Å². The topological polar surface area (TPSA) is 117 Å². The number of nitrogens with one attached hydrogen (secondary N) is 2. The molecular weight excluding hydrogens is 517 g/mol. The van der Waals surface area contributed by atoms with E-state index in [1.165, 1.54) is 11.0 Å². The number of likely N-dealkylation sites (tertiary alicyclic amines) is 1. The lowest BCUT2D eigenvalue weighted by atomic mass is 9.99. The molecule has 1 aliphatic heterocycles. The molecule has 37 heavy (non-hydrogen) atoms. The molecular formula is C26H27Cl2N5O4. The summed E-state index contributed by atoms with van der Waals surface area (Å²) in [6.07, 6.45) is 3.57. The van der Waals surface area contributed by atoms with Gasteiger partial charge in [0, 0.05) is 30.2 Å². The predicted molar refractivity (Wildman–Crippen MR) is 144 cm³/mol. The Hall–Kier alpha value is -3.40. The van der Waals surface area contributed by atoms with Crippen molar-refractivity contribution >= 4 is 51.9 Å². The van der Waals surface area contributed by atoms with Gasteiger partial charge in [0.25, 0.3) is 0 Å². The van der Waals surface area contributed by atoms with Crippen molar-refractivity contribution < 1.29 is 19.4 Å². The number of nitrogens with zero attached hydrogens (tertiary/aromatic N) is 3. The number of aliphatic hydroxyl groups excluding tert-OH is 1. The maximum absolute atomic E-state index is 12.0. The first kappa shape index (κ1) is 26.7. The fourth-order valence-corrected chi connectivity index (χ4v) is 5.17. The molecule has 9 nitrogen and oxygen atoms in total. The Morgan fingerprint density at radius 2 is 2.00 bits per heavy atom. The average molecular weight is 544 g/mol. The van der Waals surface area contributed by atoms with Gasteiger partial charge >= 0.3 is 0 Å². The number of fused-ring (bicyclic) bond motifs is 1. The molecule has 4 rings (SSSR count). The first-order valence-corrected chi connectivity index (χ1v) is 12.4. The van der Waals surface area contributed by atoms with Gasteiger partial charge in [-0.15, -0.1) is 0 Å². The van der Waals surface area contributed by atoms with Crippen molar-refractivity contribution in [3.05, 3.63) is 58.7 Å². The number of carbonyl (C=O) groups is 2. The van der Waals surface area contributed by atoms with Gasteiger partial charge in [-0.05, 0) is 41.8 Å². The predicted octanol–water partition coefficient (Wildman–Crippen LogP) is 3.46. The van der Waals surface area contributed by atoms with E-state index in [0.29, 0.717) is 32.8 Å². The molecule has 1 aliphatic rings. The number of amides is 2. The molecule has 3 N–H and O–H groups in total. The smallest absolute Gasteiger partial charge is 0.248 e. The number of aryl methyl sites for hydroxylation is 1. The number of benzene rings is 2. The third-order valence-corrected chi connectivity index (χ3v) is 7.15. The van der Waals surface area contributed by atoms with Crippen LogP contribution in [0.3, 0.4) is 0 Å². The number of rotatable bonds is 8. The quantitative estimate of drug-likeness (QED) is 0.372. The largest absolute Gasteiger partial charge is 0.495 e. The maximum Gasteiger partial charge on any atom is 0.248 e. The fraction of sp³-hybridized carbons (Fsp3) is 0.308. The Kier molecular flexibility index (Phi) is 8.16. The van der Waals surface area contributed by atoms with Crippen LogP contribution in [0.4, 0.5) is 5.95 Å². The highest BCUT2D eigenvalue weighted by atomic mass is 35.5. The third kappa shape index (κ3) is 5.49. The van der Waals surface area contributed by atoms with Crippen LogP contribution in [-0.2, 0) is 16.0 Å². The minimum Gasteiger partial charge on any atom is -0.495 e. The minimum absolute atomic E-state index is 0.245. The number of carbonyl (C=O) groups excluding carboxylic acids is 2. The van der Waals surface area contributed by atoms with Gasteiger partial charge in [0.15, 0.2) is 0 Å². The molecule has 1 saturated heterocycles. The Bertz CT molecular complexity index is 1340. The molecule has 1 aromatic heterocycles. The molecule has 2 aromatic carbocycles. The van der Waals surface area contributed by atoms with Crippen molar-refractivity contribution in [1.29, 1.82) is 0 Å². The van der Waals surface area contributed by atoms with Gasteiger partial charge in [-0.1, -0.05) is 42.8 Å². The van der Waals surface area contributed by atoms with Crippen LogP contribution >= 0.6 is 23.2 Å². The molecule has 0 unspecified atom stereocenters. The van der Waals surface area contributed by atoms with Gasteiger partial charge in [-0.3, -0.25) is 9.59 Å². The lowest BCUT2D eigenvalue weighted by Crippen LogP contribution is -2.45. The van der Waals surface area contributed by atoms with E-state index in [9.17, 15) is 14.7 Å². The van der Waals surface area contributed by atoms with Gasteiger partial charge in [-0.25, -0.2) is 9.97 Å². The number of anilines is 1. The van der Waals surface area contributed by atoms with Crippen molar-refractivity contribution in [2.24, 2.45) is 0 Å². The lowest BCUT2D eigenvalue weighted by Gasteiger charge is -2.20. The van der Waals surface area contributed by atoms with E-state index in [0.717, 1.165) is 22.9 Å². The van der Waals surface area contributed by atoms with Gasteiger partial charge in [-0.2, -0.15) is 0 Å². The molecule has 11 heteroatoms. The normalized spacial score (nSPS) is 17.1. The molecule has 0 spiro atoms. The van der Waals surface area contributed by atoms with Crippen molar-refractivity contribution in [2.45, 2.75) is 25.4 Å². The first-order valence-electron chi connectivity index (χ1n) is 11.7. The molecule has 0 aliphatic carbocycles. The van der Waals surface area contributed by atoms with Crippen LogP contribution in [0.1, 0.15) is 12.5 Å². The summed E-state index contributed by atoms with van der Waals surface area (Å²) in [7, 11) is 1.57. The number of hydrogen-bond donors (Lipinski definition) is 3. The first-order chi connectivity index (χ1) is 17.8. The SMILES string of the molecule is C=CC(=O)N[C@H]1CN(C(=O)CO)C[C@H]1Nc1ncc2cc(-c3c(Cl)c(CC)cc(OC)c3Cl)ccc2n1. The number of ether oxygens (including phenoxy) is 1. The van der Waals surface area contributed by atoms with E-state index in [4.69, 9.17) is 27.9 Å². The summed E-state index contributed by atoms with van der Waals surface area (Å²) in [6, 6.07) is 6.72. The van der Waals surface area contributed by atoms with Crippen molar-refractivity contribution in [1.82, 2.24) is 20.2 Å². The van der Waals surface area contributed by atoms with Gasteiger partial charge in [0.05, 0.1) is 34.8 Å². The third-order valence-electron chi connectivity index (χ3n) is 6.35. The second-order valence-corrected chi connectivity index (χ2v) is 9.34. The van der Waals surface area contributed by atoms with Gasteiger partial charge in [0.1, 0.15) is 12.4 Å². The molecule has 2 heterocycles. The Balaban J connectivity index is 1.63. The van der Waals surface area contributed by atoms with Crippen LogP contribution in [0, 0.1) is 0 Å². The second-order valence-electron chi connectivity index (χ2n) is 8.59. The summed E-state index contributed by atoms with van der Waals surface area (Å²) < 4.78 is 5.45. The van der Waals surface area contributed by atoms with Crippen molar-refractivity contribution in [3.8, 4) is 16.9 Å². The molecule has 0 radical (unpaired) electrons. The second kappa shape index (κ2) is 11.3. The summed E-state index contributed by atoms with van der Waals surface area (Å²) in [4.78, 5) is 34.4. The molecule has 1 fully saturated rings. The zero-order chi connectivity index (χ0) is 26.7. The van der Waals surface area contributed by atoms with Crippen LogP contribution in [0.15, 0.2) is 43.1 Å². The lowest BCUT2D eigenvalue weighted by molar-refractivity contribution is -0.133. The summed E-state index contributed by atoms with van der Waals surface area (Å²) >= 11 is 13.3. The van der Waals surface area contributed by atoms with E-state index in [2.05, 4.69) is 27.2 Å².